The molecule has 0 fully saturated rings. The van der Waals surface area contributed by atoms with E-state index in [1.165, 1.54) is 21.2 Å². The smallest absolute Gasteiger partial charge is 0.191 e. The third kappa shape index (κ3) is 4.11. The molecule has 2 aromatic carbocycles. The van der Waals surface area contributed by atoms with Crippen molar-refractivity contribution in [3.8, 4) is 0 Å². The molecule has 3 rings (SSSR count). The molecule has 124 valence electrons. The first-order valence-corrected chi connectivity index (χ1v) is 8.96. The number of guanidine groups is 1. The van der Waals surface area contributed by atoms with Gasteiger partial charge in [-0.3, -0.25) is 4.99 Å². The predicted octanol–water partition coefficient (Wildman–Crippen LogP) is 3.72. The van der Waals surface area contributed by atoms with Gasteiger partial charge in [-0.2, -0.15) is 0 Å². The van der Waals surface area contributed by atoms with Gasteiger partial charge in [0.25, 0.3) is 0 Å². The van der Waals surface area contributed by atoms with E-state index in [2.05, 4.69) is 70.0 Å². The first-order valence-electron chi connectivity index (χ1n) is 8.14. The van der Waals surface area contributed by atoms with Crippen molar-refractivity contribution in [2.24, 2.45) is 4.99 Å². The fourth-order valence-electron chi connectivity index (χ4n) is 2.51. The fraction of sp³-hybridized carbons (Fsp3) is 0.263. The molecule has 0 aliphatic carbocycles. The van der Waals surface area contributed by atoms with Crippen LogP contribution >= 0.6 is 11.3 Å². The van der Waals surface area contributed by atoms with Crippen LogP contribution in [0.4, 0.5) is 0 Å². The molecule has 0 aliphatic heterocycles. The molecule has 0 spiro atoms. The highest BCUT2D eigenvalue weighted by molar-refractivity contribution is 7.11. The number of rotatable bonds is 5. The molecule has 5 heteroatoms. The number of nitrogens with zero attached hydrogens (tertiary/aromatic N) is 2. The summed E-state index contributed by atoms with van der Waals surface area (Å²) in [5.41, 5.74) is 1.24. The molecule has 0 saturated carbocycles. The Hall–Kier alpha value is -2.40. The first kappa shape index (κ1) is 16.5. The third-order valence-electron chi connectivity index (χ3n) is 3.85. The van der Waals surface area contributed by atoms with Crippen LogP contribution in [-0.4, -0.2) is 18.0 Å². The summed E-state index contributed by atoms with van der Waals surface area (Å²) in [5.74, 6) is 0.788. The average molecular weight is 338 g/mol. The summed E-state index contributed by atoms with van der Waals surface area (Å²) >= 11 is 1.74. The summed E-state index contributed by atoms with van der Waals surface area (Å²) < 4.78 is 0. The summed E-state index contributed by atoms with van der Waals surface area (Å²) in [4.78, 5) is 10.0. The summed E-state index contributed by atoms with van der Waals surface area (Å²) in [6.45, 7) is 3.58. The standard InChI is InChI=1S/C19H22N4S/c1-3-17-12-21-18(24-17)13-23-19(20-2)22-11-14-8-9-15-6-4-5-7-16(15)10-14/h4-10,12H,3,11,13H2,1-2H3,(H2,20,22,23). The summed E-state index contributed by atoms with van der Waals surface area (Å²) in [5, 5.41) is 10.3. The molecule has 24 heavy (non-hydrogen) atoms. The Kier molecular flexibility index (Phi) is 5.43. The van der Waals surface area contributed by atoms with Crippen molar-refractivity contribution in [2.75, 3.05) is 7.05 Å². The lowest BCUT2D eigenvalue weighted by Crippen LogP contribution is -2.36. The van der Waals surface area contributed by atoms with Crippen LogP contribution in [0, 0.1) is 0 Å². The van der Waals surface area contributed by atoms with Gasteiger partial charge in [0.2, 0.25) is 0 Å². The van der Waals surface area contributed by atoms with E-state index in [9.17, 15) is 0 Å². The number of fused-ring (bicyclic) bond motifs is 1. The number of aryl methyl sites for hydroxylation is 1. The number of hydrogen-bond donors (Lipinski definition) is 2. The molecule has 0 saturated heterocycles. The molecular weight excluding hydrogens is 316 g/mol. The number of thiazole rings is 1. The topological polar surface area (TPSA) is 49.3 Å². The zero-order valence-corrected chi connectivity index (χ0v) is 14.9. The Morgan fingerprint density at radius 2 is 1.88 bits per heavy atom. The molecular formula is C19H22N4S. The normalized spacial score (nSPS) is 11.7. The molecule has 1 heterocycles. The van der Waals surface area contributed by atoms with E-state index in [0.717, 1.165) is 23.9 Å². The molecule has 0 bridgehead atoms. The van der Waals surface area contributed by atoms with E-state index in [1.54, 1.807) is 18.4 Å². The third-order valence-corrected chi connectivity index (χ3v) is 5.00. The Balaban J connectivity index is 1.56. The minimum absolute atomic E-state index is 0.696. The van der Waals surface area contributed by atoms with Crippen LogP contribution in [0.2, 0.25) is 0 Å². The second-order valence-electron chi connectivity index (χ2n) is 5.53. The van der Waals surface area contributed by atoms with Gasteiger partial charge in [-0.1, -0.05) is 43.3 Å². The van der Waals surface area contributed by atoms with Gasteiger partial charge in [-0.15, -0.1) is 11.3 Å². The number of hydrogen-bond acceptors (Lipinski definition) is 3. The van der Waals surface area contributed by atoms with Gasteiger partial charge in [-0.25, -0.2) is 4.98 Å². The van der Waals surface area contributed by atoms with Gasteiger partial charge in [0.05, 0.1) is 6.54 Å². The van der Waals surface area contributed by atoms with Crippen LogP contribution in [0.25, 0.3) is 10.8 Å². The zero-order valence-electron chi connectivity index (χ0n) is 14.0. The van der Waals surface area contributed by atoms with Gasteiger partial charge in [0.15, 0.2) is 5.96 Å². The van der Waals surface area contributed by atoms with E-state index in [-0.39, 0.29) is 0 Å². The predicted molar refractivity (Wildman–Crippen MR) is 102 cm³/mol. The van der Waals surface area contributed by atoms with Crippen molar-refractivity contribution in [1.82, 2.24) is 15.6 Å². The number of nitrogens with one attached hydrogen (secondary N) is 2. The van der Waals surface area contributed by atoms with Crippen molar-refractivity contribution in [3.63, 3.8) is 0 Å². The lowest BCUT2D eigenvalue weighted by Gasteiger charge is -2.11. The van der Waals surface area contributed by atoms with Crippen LogP contribution in [-0.2, 0) is 19.5 Å². The Morgan fingerprint density at radius 1 is 1.08 bits per heavy atom. The molecule has 1 aromatic heterocycles. The van der Waals surface area contributed by atoms with Gasteiger partial charge in [0, 0.05) is 24.7 Å². The highest BCUT2D eigenvalue weighted by Gasteiger charge is 2.03. The minimum Gasteiger partial charge on any atom is -0.352 e. The Morgan fingerprint density at radius 3 is 2.62 bits per heavy atom. The Labute approximate surface area is 146 Å². The SMILES string of the molecule is CCc1cnc(CNC(=NC)NCc2ccc3ccccc3c2)s1. The number of aliphatic imine (C=N–C) groups is 1. The maximum atomic E-state index is 4.42. The summed E-state index contributed by atoms with van der Waals surface area (Å²) in [6.07, 6.45) is 2.99. The highest BCUT2D eigenvalue weighted by Crippen LogP contribution is 2.15. The van der Waals surface area contributed by atoms with E-state index in [0.29, 0.717) is 6.54 Å². The minimum atomic E-state index is 0.696. The average Bonchev–Trinajstić information content (AvgIpc) is 3.10. The fourth-order valence-corrected chi connectivity index (χ4v) is 3.31. The van der Waals surface area contributed by atoms with Crippen molar-refractivity contribution < 1.29 is 0 Å². The first-order chi connectivity index (χ1) is 11.8. The van der Waals surface area contributed by atoms with Crippen LogP contribution in [0.15, 0.2) is 53.7 Å². The molecule has 0 amide bonds. The second kappa shape index (κ2) is 7.93. The molecule has 4 nitrogen and oxygen atoms in total. The quantitative estimate of drug-likeness (QED) is 0.550. The van der Waals surface area contributed by atoms with Gasteiger partial charge in [-0.05, 0) is 28.8 Å². The lowest BCUT2D eigenvalue weighted by atomic mass is 10.1. The molecule has 0 atom stereocenters. The monoisotopic (exact) mass is 338 g/mol. The molecule has 0 unspecified atom stereocenters. The van der Waals surface area contributed by atoms with Crippen LogP contribution < -0.4 is 10.6 Å². The van der Waals surface area contributed by atoms with Crippen molar-refractivity contribution >= 4 is 28.1 Å². The summed E-state index contributed by atoms with van der Waals surface area (Å²) in [7, 11) is 1.79. The van der Waals surface area contributed by atoms with Crippen molar-refractivity contribution in [1.29, 1.82) is 0 Å². The maximum absolute atomic E-state index is 4.42. The summed E-state index contributed by atoms with van der Waals surface area (Å²) in [6, 6.07) is 14.9. The molecule has 0 aliphatic rings. The van der Waals surface area contributed by atoms with Gasteiger partial charge >= 0.3 is 0 Å². The van der Waals surface area contributed by atoms with Crippen LogP contribution in [0.3, 0.4) is 0 Å². The van der Waals surface area contributed by atoms with Crippen LogP contribution in [0.1, 0.15) is 22.4 Å². The van der Waals surface area contributed by atoms with E-state index in [1.807, 2.05) is 6.20 Å². The largest absolute Gasteiger partial charge is 0.352 e. The van der Waals surface area contributed by atoms with E-state index >= 15 is 0 Å². The lowest BCUT2D eigenvalue weighted by molar-refractivity contribution is 0.805. The van der Waals surface area contributed by atoms with E-state index < -0.39 is 0 Å². The number of aromatic nitrogens is 1. The molecule has 3 aromatic rings. The second-order valence-corrected chi connectivity index (χ2v) is 6.73. The van der Waals surface area contributed by atoms with Gasteiger partial charge < -0.3 is 10.6 Å². The number of benzene rings is 2. The highest BCUT2D eigenvalue weighted by atomic mass is 32.1. The van der Waals surface area contributed by atoms with Crippen molar-refractivity contribution in [2.45, 2.75) is 26.4 Å². The van der Waals surface area contributed by atoms with Crippen LogP contribution in [0.5, 0.6) is 0 Å². The van der Waals surface area contributed by atoms with Crippen molar-refractivity contribution in [3.05, 3.63) is 64.1 Å². The van der Waals surface area contributed by atoms with Gasteiger partial charge in [0.1, 0.15) is 5.01 Å². The van der Waals surface area contributed by atoms with E-state index in [4.69, 9.17) is 0 Å². The molecule has 0 radical (unpaired) electrons. The Bertz CT molecular complexity index is 838. The molecule has 2 N–H and O–H groups in total. The zero-order chi connectivity index (χ0) is 16.8. The maximum Gasteiger partial charge on any atom is 0.191 e.